The zero-order valence-electron chi connectivity index (χ0n) is 12.5. The molecule has 0 aliphatic rings. The Kier molecular flexibility index (Phi) is 6.21. The van der Waals surface area contributed by atoms with Gasteiger partial charge in [0.2, 0.25) is 0 Å². The van der Waals surface area contributed by atoms with Crippen LogP contribution in [-0.4, -0.2) is 25.7 Å². The Morgan fingerprint density at radius 1 is 1.14 bits per heavy atom. The van der Waals surface area contributed by atoms with Crippen LogP contribution in [0.2, 0.25) is 0 Å². The van der Waals surface area contributed by atoms with Crippen molar-refractivity contribution in [1.82, 2.24) is 10.3 Å². The normalized spacial score (nSPS) is 12.1. The highest BCUT2D eigenvalue weighted by molar-refractivity contribution is 9.10. The summed E-state index contributed by atoms with van der Waals surface area (Å²) in [6.45, 7) is 0.976. The number of aromatic nitrogens is 1. The quantitative estimate of drug-likeness (QED) is 0.831. The van der Waals surface area contributed by atoms with E-state index in [1.165, 1.54) is 5.56 Å². The van der Waals surface area contributed by atoms with Crippen molar-refractivity contribution in [2.24, 2.45) is 5.92 Å². The lowest BCUT2D eigenvalue weighted by atomic mass is 9.94. The van der Waals surface area contributed by atoms with Crippen molar-refractivity contribution in [3.8, 4) is 5.75 Å². The average molecular weight is 349 g/mol. The van der Waals surface area contributed by atoms with Gasteiger partial charge in [-0.05, 0) is 78.1 Å². The van der Waals surface area contributed by atoms with Crippen molar-refractivity contribution in [1.29, 1.82) is 0 Å². The van der Waals surface area contributed by atoms with Crippen LogP contribution < -0.4 is 10.1 Å². The molecule has 112 valence electrons. The molecular formula is C17H21BrN2O. The fourth-order valence-electron chi connectivity index (χ4n) is 2.42. The van der Waals surface area contributed by atoms with Crippen LogP contribution in [0.15, 0.2) is 47.1 Å². The first-order valence-electron chi connectivity index (χ1n) is 7.09. The number of hydrogen-bond acceptors (Lipinski definition) is 3. The first-order valence-corrected chi connectivity index (χ1v) is 7.88. The molecule has 2 rings (SSSR count). The number of hydrogen-bond donors (Lipinski definition) is 1. The molecule has 1 aromatic carbocycles. The van der Waals surface area contributed by atoms with Crippen molar-refractivity contribution >= 4 is 15.9 Å². The van der Waals surface area contributed by atoms with E-state index < -0.39 is 0 Å². The number of nitrogens with zero attached hydrogens (tertiary/aromatic N) is 1. The summed E-state index contributed by atoms with van der Waals surface area (Å²) < 4.78 is 6.22. The molecule has 1 heterocycles. The highest BCUT2D eigenvalue weighted by atomic mass is 79.9. The highest BCUT2D eigenvalue weighted by Crippen LogP contribution is 2.17. The zero-order valence-corrected chi connectivity index (χ0v) is 14.1. The van der Waals surface area contributed by atoms with Crippen molar-refractivity contribution in [3.05, 3.63) is 58.3 Å². The molecule has 0 amide bonds. The zero-order chi connectivity index (χ0) is 15.1. The number of pyridine rings is 1. The van der Waals surface area contributed by atoms with Crippen molar-refractivity contribution in [2.75, 3.05) is 20.7 Å². The van der Waals surface area contributed by atoms with Crippen molar-refractivity contribution < 1.29 is 4.74 Å². The number of halogens is 1. The van der Waals surface area contributed by atoms with Gasteiger partial charge in [0.25, 0.3) is 0 Å². The smallest absolute Gasteiger partial charge is 0.118 e. The lowest BCUT2D eigenvalue weighted by molar-refractivity contribution is 0.414. The first-order chi connectivity index (χ1) is 10.2. The van der Waals surface area contributed by atoms with E-state index in [1.54, 1.807) is 7.11 Å². The number of ether oxygens (including phenoxy) is 1. The summed E-state index contributed by atoms with van der Waals surface area (Å²) in [7, 11) is 3.69. The van der Waals surface area contributed by atoms with Crippen LogP contribution in [-0.2, 0) is 12.8 Å². The second kappa shape index (κ2) is 8.15. The predicted octanol–water partition coefficient (Wildman–Crippen LogP) is 3.47. The minimum absolute atomic E-state index is 0.525. The van der Waals surface area contributed by atoms with E-state index in [4.69, 9.17) is 4.74 Å². The minimum Gasteiger partial charge on any atom is -0.497 e. The molecule has 3 nitrogen and oxygen atoms in total. The van der Waals surface area contributed by atoms with Crippen LogP contribution in [0, 0.1) is 5.92 Å². The third kappa shape index (κ3) is 5.14. The van der Waals surface area contributed by atoms with Crippen LogP contribution in [0.3, 0.4) is 0 Å². The van der Waals surface area contributed by atoms with E-state index >= 15 is 0 Å². The third-order valence-corrected chi connectivity index (χ3v) is 3.93. The minimum atomic E-state index is 0.525. The van der Waals surface area contributed by atoms with Crippen molar-refractivity contribution in [3.63, 3.8) is 0 Å². The molecule has 2 aromatic rings. The number of nitrogens with one attached hydrogen (secondary N) is 1. The van der Waals surface area contributed by atoms with E-state index in [2.05, 4.69) is 44.4 Å². The van der Waals surface area contributed by atoms with Gasteiger partial charge >= 0.3 is 0 Å². The molecule has 0 bridgehead atoms. The molecule has 21 heavy (non-hydrogen) atoms. The van der Waals surface area contributed by atoms with Gasteiger partial charge in [-0.15, -0.1) is 0 Å². The molecule has 0 fully saturated rings. The van der Waals surface area contributed by atoms with Gasteiger partial charge in [-0.25, -0.2) is 0 Å². The molecule has 0 radical (unpaired) electrons. The van der Waals surface area contributed by atoms with Gasteiger partial charge in [-0.2, -0.15) is 0 Å². The van der Waals surface area contributed by atoms with Crippen LogP contribution in [0.5, 0.6) is 5.75 Å². The first kappa shape index (κ1) is 16.0. The Morgan fingerprint density at radius 2 is 1.90 bits per heavy atom. The van der Waals surface area contributed by atoms with Crippen molar-refractivity contribution in [2.45, 2.75) is 12.8 Å². The van der Waals surface area contributed by atoms with E-state index in [9.17, 15) is 0 Å². The number of rotatable bonds is 7. The van der Waals surface area contributed by atoms with Crippen LogP contribution >= 0.6 is 15.9 Å². The maximum Gasteiger partial charge on any atom is 0.118 e. The molecule has 0 spiro atoms. The summed E-state index contributed by atoms with van der Waals surface area (Å²) in [4.78, 5) is 4.47. The summed E-state index contributed by atoms with van der Waals surface area (Å²) >= 11 is 3.42. The average Bonchev–Trinajstić information content (AvgIpc) is 2.50. The third-order valence-electron chi connectivity index (χ3n) is 3.46. The Balaban J connectivity index is 2.02. The Morgan fingerprint density at radius 3 is 2.48 bits per heavy atom. The molecule has 1 N–H and O–H groups in total. The van der Waals surface area contributed by atoms with E-state index in [1.807, 2.05) is 31.4 Å². The van der Waals surface area contributed by atoms with Gasteiger partial charge in [0.1, 0.15) is 5.75 Å². The van der Waals surface area contributed by atoms with Gasteiger partial charge < -0.3 is 10.1 Å². The van der Waals surface area contributed by atoms with Crippen LogP contribution in [0.4, 0.5) is 0 Å². The molecule has 0 saturated heterocycles. The lowest BCUT2D eigenvalue weighted by Crippen LogP contribution is -2.23. The maximum absolute atomic E-state index is 5.20. The van der Waals surface area contributed by atoms with Crippen LogP contribution in [0.25, 0.3) is 0 Å². The Bertz CT molecular complexity index is 540. The van der Waals surface area contributed by atoms with Crippen LogP contribution in [0.1, 0.15) is 11.3 Å². The van der Waals surface area contributed by atoms with Gasteiger partial charge in [0, 0.05) is 16.4 Å². The Hall–Kier alpha value is -1.39. The molecule has 0 saturated carbocycles. The molecule has 4 heteroatoms. The molecule has 1 aromatic heterocycles. The standard InChI is InChI=1S/C17H21BrN2O/c1-19-11-14(10-16-6-5-15(18)12-20-16)9-13-3-7-17(21-2)8-4-13/h3-8,12,14,19H,9-11H2,1-2H3. The summed E-state index contributed by atoms with van der Waals surface area (Å²) in [6.07, 6.45) is 3.86. The molecule has 0 aliphatic heterocycles. The fourth-order valence-corrected chi connectivity index (χ4v) is 2.66. The monoisotopic (exact) mass is 348 g/mol. The molecule has 1 unspecified atom stereocenters. The fraction of sp³-hybridized carbons (Fsp3) is 0.353. The molecule has 0 aliphatic carbocycles. The highest BCUT2D eigenvalue weighted by Gasteiger charge is 2.11. The summed E-state index contributed by atoms with van der Waals surface area (Å²) in [5.74, 6) is 1.43. The Labute approximate surface area is 134 Å². The summed E-state index contributed by atoms with van der Waals surface area (Å²) in [5.41, 5.74) is 2.46. The molecule has 1 atom stereocenters. The molecular weight excluding hydrogens is 328 g/mol. The maximum atomic E-state index is 5.20. The van der Waals surface area contributed by atoms with Gasteiger partial charge in [-0.1, -0.05) is 12.1 Å². The van der Waals surface area contributed by atoms with E-state index in [0.717, 1.165) is 35.3 Å². The predicted molar refractivity (Wildman–Crippen MR) is 89.8 cm³/mol. The topological polar surface area (TPSA) is 34.1 Å². The van der Waals surface area contributed by atoms with Gasteiger partial charge in [-0.3, -0.25) is 4.98 Å². The summed E-state index contributed by atoms with van der Waals surface area (Å²) in [6, 6.07) is 12.4. The van der Waals surface area contributed by atoms with Gasteiger partial charge in [0.15, 0.2) is 0 Å². The number of methoxy groups -OCH3 is 1. The largest absolute Gasteiger partial charge is 0.497 e. The second-order valence-corrected chi connectivity index (χ2v) is 6.06. The van der Waals surface area contributed by atoms with Gasteiger partial charge in [0.05, 0.1) is 7.11 Å². The van der Waals surface area contributed by atoms with E-state index in [-0.39, 0.29) is 0 Å². The lowest BCUT2D eigenvalue weighted by Gasteiger charge is -2.16. The number of benzene rings is 1. The second-order valence-electron chi connectivity index (χ2n) is 5.15. The van der Waals surface area contributed by atoms with E-state index in [0.29, 0.717) is 5.92 Å². The summed E-state index contributed by atoms with van der Waals surface area (Å²) in [5, 5.41) is 3.28. The SMILES string of the molecule is CNCC(Cc1ccc(OC)cc1)Cc1ccc(Br)cn1.